The number of hydrogen-bond acceptors (Lipinski definition) is 3. The molecular formula is C12H10F3NO3S. The highest BCUT2D eigenvalue weighted by atomic mass is 32.2. The van der Waals surface area contributed by atoms with Gasteiger partial charge in [0.05, 0.1) is 27.3 Å². The first kappa shape index (κ1) is 13.4. The summed E-state index contributed by atoms with van der Waals surface area (Å²) in [5.74, 6) is -0.858. The highest BCUT2D eigenvalue weighted by Crippen LogP contribution is 2.51. The van der Waals surface area contributed by atoms with Gasteiger partial charge in [-0.15, -0.1) is 0 Å². The van der Waals surface area contributed by atoms with Crippen LogP contribution in [0.2, 0.25) is 0 Å². The normalized spacial score (nSPS) is 22.9. The molecule has 0 radical (unpaired) electrons. The van der Waals surface area contributed by atoms with Crippen molar-refractivity contribution in [3.8, 4) is 0 Å². The predicted molar refractivity (Wildman–Crippen MR) is 63.8 cm³/mol. The second-order valence-electron chi connectivity index (χ2n) is 5.20. The number of fused-ring (bicyclic) bond motifs is 1. The number of halogens is 3. The molecule has 0 atom stereocenters. The Morgan fingerprint density at radius 2 is 1.85 bits per heavy atom. The lowest BCUT2D eigenvalue weighted by Crippen LogP contribution is -2.27. The first-order valence-electron chi connectivity index (χ1n) is 5.90. The van der Waals surface area contributed by atoms with Crippen LogP contribution in [0.3, 0.4) is 0 Å². The van der Waals surface area contributed by atoms with Gasteiger partial charge in [0, 0.05) is 0 Å². The van der Waals surface area contributed by atoms with E-state index < -0.39 is 32.9 Å². The summed E-state index contributed by atoms with van der Waals surface area (Å²) in [7, 11) is -3.77. The van der Waals surface area contributed by atoms with E-state index in [2.05, 4.69) is 5.32 Å². The topological polar surface area (TPSA) is 63.2 Å². The third-order valence-electron chi connectivity index (χ3n) is 3.69. The molecule has 2 aliphatic rings. The molecule has 1 fully saturated rings. The van der Waals surface area contributed by atoms with Crippen LogP contribution in [0, 0.1) is 5.41 Å². The van der Waals surface area contributed by atoms with Gasteiger partial charge in [-0.25, -0.2) is 8.42 Å². The summed E-state index contributed by atoms with van der Waals surface area (Å²) < 4.78 is 62.3. The van der Waals surface area contributed by atoms with Gasteiger partial charge in [-0.3, -0.25) is 4.79 Å². The van der Waals surface area contributed by atoms with Crippen molar-refractivity contribution in [1.29, 1.82) is 0 Å². The molecule has 1 spiro atoms. The Morgan fingerprint density at radius 1 is 1.20 bits per heavy atom. The molecule has 1 saturated carbocycles. The number of rotatable bonds is 0. The van der Waals surface area contributed by atoms with Gasteiger partial charge in [-0.05, 0) is 31.0 Å². The van der Waals surface area contributed by atoms with Crippen LogP contribution < -0.4 is 5.32 Å². The van der Waals surface area contributed by atoms with E-state index in [1.54, 1.807) is 0 Å². The smallest absolute Gasteiger partial charge is 0.324 e. The highest BCUT2D eigenvalue weighted by Gasteiger charge is 2.55. The number of hydrogen-bond donors (Lipinski definition) is 1. The summed E-state index contributed by atoms with van der Waals surface area (Å²) in [4.78, 5) is 11.7. The molecule has 0 saturated heterocycles. The number of carbonyl (C=O) groups excluding carboxylic acids is 1. The zero-order chi connectivity index (χ0) is 14.8. The van der Waals surface area contributed by atoms with Crippen molar-refractivity contribution in [2.45, 2.75) is 23.9 Å². The number of sulfone groups is 1. The molecule has 8 heteroatoms. The summed E-state index contributed by atoms with van der Waals surface area (Å²) in [6, 6.07) is 2.30. The molecule has 1 aromatic carbocycles. The first-order chi connectivity index (χ1) is 9.14. The summed E-state index contributed by atoms with van der Waals surface area (Å²) >= 11 is 0. The maximum absolute atomic E-state index is 12.7. The summed E-state index contributed by atoms with van der Waals surface area (Å²) in [5.41, 5.74) is -2.23. The summed E-state index contributed by atoms with van der Waals surface area (Å²) in [6.07, 6.45) is -3.70. The zero-order valence-electron chi connectivity index (χ0n) is 10.1. The SMILES string of the molecule is O=C1Nc2cc(C(F)(F)F)ccc2S(=O)(=O)CC12CC2. The quantitative estimate of drug-likeness (QED) is 0.799. The average molecular weight is 305 g/mol. The molecule has 1 N–H and O–H groups in total. The molecule has 1 aliphatic heterocycles. The molecule has 4 nitrogen and oxygen atoms in total. The van der Waals surface area contributed by atoms with Gasteiger partial charge in [0.25, 0.3) is 0 Å². The van der Waals surface area contributed by atoms with E-state index in [1.165, 1.54) is 0 Å². The summed E-state index contributed by atoms with van der Waals surface area (Å²) in [5, 5.41) is 2.33. The second-order valence-corrected chi connectivity index (χ2v) is 7.16. The average Bonchev–Trinajstić information content (AvgIpc) is 3.07. The van der Waals surface area contributed by atoms with Gasteiger partial charge in [0.2, 0.25) is 5.91 Å². The first-order valence-corrected chi connectivity index (χ1v) is 7.55. The molecular weight excluding hydrogens is 295 g/mol. The molecule has 3 rings (SSSR count). The Hall–Kier alpha value is -1.57. The predicted octanol–water partition coefficient (Wildman–Crippen LogP) is 2.21. The van der Waals surface area contributed by atoms with E-state index in [1.807, 2.05) is 0 Å². The van der Waals surface area contributed by atoms with Crippen LogP contribution in [-0.2, 0) is 20.8 Å². The Labute approximate surface area is 112 Å². The standard InChI is InChI=1S/C12H10F3NO3S/c13-12(14,15)7-1-2-9-8(5-7)16-10(17)11(3-4-11)6-20(9,18)19/h1-2,5H,3-4,6H2,(H,16,17). The number of anilines is 1. The summed E-state index contributed by atoms with van der Waals surface area (Å²) in [6.45, 7) is 0. The molecule has 1 amide bonds. The highest BCUT2D eigenvalue weighted by molar-refractivity contribution is 7.91. The molecule has 20 heavy (non-hydrogen) atoms. The van der Waals surface area contributed by atoms with Crippen LogP contribution in [0.5, 0.6) is 0 Å². The van der Waals surface area contributed by atoms with Gasteiger partial charge in [-0.1, -0.05) is 0 Å². The monoisotopic (exact) mass is 305 g/mol. The number of amides is 1. The van der Waals surface area contributed by atoms with Crippen LogP contribution in [0.15, 0.2) is 23.1 Å². The molecule has 1 aliphatic carbocycles. The molecule has 108 valence electrons. The third kappa shape index (κ3) is 1.98. The van der Waals surface area contributed by atoms with Crippen LogP contribution in [-0.4, -0.2) is 20.1 Å². The number of alkyl halides is 3. The Kier molecular flexibility index (Phi) is 2.51. The fourth-order valence-electron chi connectivity index (χ4n) is 2.36. The minimum absolute atomic E-state index is 0.248. The molecule has 1 heterocycles. The van der Waals surface area contributed by atoms with Crippen LogP contribution in [0.25, 0.3) is 0 Å². The van der Waals surface area contributed by atoms with E-state index in [9.17, 15) is 26.4 Å². The van der Waals surface area contributed by atoms with Gasteiger partial charge in [0.1, 0.15) is 0 Å². The molecule has 1 aromatic rings. The zero-order valence-corrected chi connectivity index (χ0v) is 10.9. The van der Waals surface area contributed by atoms with Crippen molar-refractivity contribution < 1.29 is 26.4 Å². The Bertz CT molecular complexity index is 705. The van der Waals surface area contributed by atoms with Crippen LogP contribution in [0.4, 0.5) is 18.9 Å². The second kappa shape index (κ2) is 3.75. The van der Waals surface area contributed by atoms with Gasteiger partial charge in [0.15, 0.2) is 9.84 Å². The Morgan fingerprint density at radius 3 is 2.40 bits per heavy atom. The minimum Gasteiger partial charge on any atom is -0.324 e. The van der Waals surface area contributed by atoms with Crippen molar-refractivity contribution in [2.75, 3.05) is 11.1 Å². The fraction of sp³-hybridized carbons (Fsp3) is 0.417. The van der Waals surface area contributed by atoms with E-state index in [4.69, 9.17) is 0 Å². The van der Waals surface area contributed by atoms with Crippen molar-refractivity contribution in [3.63, 3.8) is 0 Å². The van der Waals surface area contributed by atoms with Crippen molar-refractivity contribution in [2.24, 2.45) is 5.41 Å². The van der Waals surface area contributed by atoms with E-state index >= 15 is 0 Å². The van der Waals surface area contributed by atoms with Crippen LogP contribution in [0.1, 0.15) is 18.4 Å². The van der Waals surface area contributed by atoms with Crippen molar-refractivity contribution in [1.82, 2.24) is 0 Å². The lowest BCUT2D eigenvalue weighted by atomic mass is 10.1. The minimum atomic E-state index is -4.59. The Balaban J connectivity index is 2.15. The number of carbonyl (C=O) groups is 1. The number of benzene rings is 1. The van der Waals surface area contributed by atoms with Crippen molar-refractivity contribution >= 4 is 21.4 Å². The molecule has 0 bridgehead atoms. The number of nitrogens with one attached hydrogen (secondary N) is 1. The lowest BCUT2D eigenvalue weighted by molar-refractivity contribution is -0.137. The lowest BCUT2D eigenvalue weighted by Gasteiger charge is -2.11. The van der Waals surface area contributed by atoms with Gasteiger partial charge >= 0.3 is 6.18 Å². The van der Waals surface area contributed by atoms with Gasteiger partial charge in [-0.2, -0.15) is 13.2 Å². The van der Waals surface area contributed by atoms with Gasteiger partial charge < -0.3 is 5.32 Å². The largest absolute Gasteiger partial charge is 0.416 e. The van der Waals surface area contributed by atoms with E-state index in [-0.39, 0.29) is 16.3 Å². The third-order valence-corrected chi connectivity index (χ3v) is 5.65. The van der Waals surface area contributed by atoms with E-state index in [0.717, 1.165) is 6.07 Å². The molecule has 0 aromatic heterocycles. The maximum Gasteiger partial charge on any atom is 0.416 e. The molecule has 0 unspecified atom stereocenters. The van der Waals surface area contributed by atoms with Crippen molar-refractivity contribution in [3.05, 3.63) is 23.8 Å². The van der Waals surface area contributed by atoms with Crippen LogP contribution >= 0.6 is 0 Å². The maximum atomic E-state index is 12.7. The van der Waals surface area contributed by atoms with E-state index in [0.29, 0.717) is 25.0 Å². The fourth-order valence-corrected chi connectivity index (χ4v) is 4.38.